The van der Waals surface area contributed by atoms with Gasteiger partial charge in [-0.15, -0.1) is 0 Å². The molecule has 106 valence electrons. The zero-order valence-corrected chi connectivity index (χ0v) is 12.0. The number of hydrogen-bond donors (Lipinski definition) is 1. The fraction of sp³-hybridized carbons (Fsp3) is 0.571. The maximum absolute atomic E-state index is 11.3. The molecule has 1 aromatic heterocycles. The number of aromatic nitrogens is 1. The Hall–Kier alpha value is -1.62. The van der Waals surface area contributed by atoms with Crippen molar-refractivity contribution in [3.05, 3.63) is 23.5 Å². The van der Waals surface area contributed by atoms with Crippen LogP contribution in [0, 0.1) is 12.8 Å². The summed E-state index contributed by atoms with van der Waals surface area (Å²) in [6, 6.07) is 1.82. The molecule has 0 aromatic carbocycles. The van der Waals surface area contributed by atoms with Gasteiger partial charge in [-0.3, -0.25) is 4.98 Å². The molecular formula is C14H22N2O3. The van der Waals surface area contributed by atoms with E-state index in [0.717, 1.165) is 12.2 Å². The molecule has 1 N–H and O–H groups in total. The number of methoxy groups -OCH3 is 1. The van der Waals surface area contributed by atoms with Gasteiger partial charge in [0.15, 0.2) is 0 Å². The zero-order chi connectivity index (χ0) is 14.4. The Bertz CT molecular complexity index is 433. The number of nitrogens with zero attached hydrogens (tertiary/aromatic N) is 2. The molecule has 0 bridgehead atoms. The average Bonchev–Trinajstić information content (AvgIpc) is 2.33. The summed E-state index contributed by atoms with van der Waals surface area (Å²) in [5.74, 6) is -0.513. The Balaban J connectivity index is 3.11. The van der Waals surface area contributed by atoms with Crippen molar-refractivity contribution >= 4 is 11.7 Å². The largest absolute Gasteiger partial charge is 0.478 e. The van der Waals surface area contributed by atoms with Crippen molar-refractivity contribution in [3.63, 3.8) is 0 Å². The number of rotatable bonds is 7. The van der Waals surface area contributed by atoms with Crippen LogP contribution < -0.4 is 4.90 Å². The number of pyridine rings is 1. The molecule has 5 nitrogen and oxygen atoms in total. The van der Waals surface area contributed by atoms with Gasteiger partial charge in [0.05, 0.1) is 12.3 Å². The fourth-order valence-electron chi connectivity index (χ4n) is 1.92. The van der Waals surface area contributed by atoms with Crippen molar-refractivity contribution in [1.29, 1.82) is 0 Å². The lowest BCUT2D eigenvalue weighted by molar-refractivity contribution is 0.0697. The smallest absolute Gasteiger partial charge is 0.339 e. The van der Waals surface area contributed by atoms with Crippen molar-refractivity contribution in [2.45, 2.75) is 20.8 Å². The minimum absolute atomic E-state index is 0.238. The number of hydrogen-bond acceptors (Lipinski definition) is 4. The van der Waals surface area contributed by atoms with Gasteiger partial charge in [-0.05, 0) is 18.9 Å². The summed E-state index contributed by atoms with van der Waals surface area (Å²) >= 11 is 0. The number of aryl methyl sites for hydroxylation is 1. The Morgan fingerprint density at radius 3 is 2.74 bits per heavy atom. The van der Waals surface area contributed by atoms with E-state index in [1.165, 1.54) is 6.20 Å². The van der Waals surface area contributed by atoms with E-state index >= 15 is 0 Å². The first-order valence-electron chi connectivity index (χ1n) is 6.39. The van der Waals surface area contributed by atoms with E-state index in [1.807, 2.05) is 17.9 Å². The van der Waals surface area contributed by atoms with E-state index < -0.39 is 5.97 Å². The lowest BCUT2D eigenvalue weighted by Gasteiger charge is -2.27. The van der Waals surface area contributed by atoms with Crippen LogP contribution in [0.5, 0.6) is 0 Å². The van der Waals surface area contributed by atoms with E-state index in [1.54, 1.807) is 7.11 Å². The predicted octanol–water partition coefficient (Wildman–Crippen LogP) is 2.20. The second-order valence-electron chi connectivity index (χ2n) is 4.98. The first kappa shape index (κ1) is 15.4. The monoisotopic (exact) mass is 266 g/mol. The summed E-state index contributed by atoms with van der Waals surface area (Å²) in [5.41, 5.74) is 1.76. The molecule has 19 heavy (non-hydrogen) atoms. The summed E-state index contributed by atoms with van der Waals surface area (Å²) in [6.07, 6.45) is 1.42. The molecule has 0 aliphatic heterocycles. The molecule has 0 saturated heterocycles. The van der Waals surface area contributed by atoms with Crippen LogP contribution in [0.1, 0.15) is 29.9 Å². The number of carbonyl (C=O) groups is 1. The van der Waals surface area contributed by atoms with E-state index in [2.05, 4.69) is 18.8 Å². The van der Waals surface area contributed by atoms with Crippen molar-refractivity contribution in [2.75, 3.05) is 31.7 Å². The van der Waals surface area contributed by atoms with Gasteiger partial charge in [0.25, 0.3) is 0 Å². The van der Waals surface area contributed by atoms with Gasteiger partial charge in [-0.25, -0.2) is 4.79 Å². The van der Waals surface area contributed by atoms with Crippen LogP contribution in [0.2, 0.25) is 0 Å². The minimum Gasteiger partial charge on any atom is -0.478 e. The zero-order valence-electron chi connectivity index (χ0n) is 12.0. The highest BCUT2D eigenvalue weighted by Gasteiger charge is 2.17. The molecule has 0 spiro atoms. The van der Waals surface area contributed by atoms with Crippen molar-refractivity contribution in [1.82, 2.24) is 4.98 Å². The molecule has 1 heterocycles. The molecule has 0 aliphatic rings. The van der Waals surface area contributed by atoms with Crippen LogP contribution in [0.3, 0.4) is 0 Å². The minimum atomic E-state index is -0.950. The standard InChI is InChI=1S/C14H22N2O3/c1-10(2)9-16(5-6-19-4)13-7-11(3)15-8-12(13)14(17)18/h7-8,10H,5-6,9H2,1-4H3,(H,17,18). The molecule has 0 unspecified atom stereocenters. The highest BCUT2D eigenvalue weighted by Crippen LogP contribution is 2.22. The summed E-state index contributed by atoms with van der Waals surface area (Å²) in [7, 11) is 1.64. The highest BCUT2D eigenvalue weighted by molar-refractivity contribution is 5.94. The predicted molar refractivity (Wildman–Crippen MR) is 74.9 cm³/mol. The maximum Gasteiger partial charge on any atom is 0.339 e. The van der Waals surface area contributed by atoms with Crippen molar-refractivity contribution in [2.24, 2.45) is 5.92 Å². The normalized spacial score (nSPS) is 10.8. The van der Waals surface area contributed by atoms with Gasteiger partial charge < -0.3 is 14.7 Å². The number of carboxylic acid groups (broad SMARTS) is 1. The Morgan fingerprint density at radius 1 is 1.53 bits per heavy atom. The van der Waals surface area contributed by atoms with E-state index in [9.17, 15) is 9.90 Å². The highest BCUT2D eigenvalue weighted by atomic mass is 16.5. The van der Waals surface area contributed by atoms with E-state index in [0.29, 0.717) is 24.8 Å². The first-order valence-corrected chi connectivity index (χ1v) is 6.39. The van der Waals surface area contributed by atoms with Crippen molar-refractivity contribution < 1.29 is 14.6 Å². The van der Waals surface area contributed by atoms with Gasteiger partial charge in [-0.2, -0.15) is 0 Å². The third-order valence-corrected chi connectivity index (χ3v) is 2.74. The number of ether oxygens (including phenoxy) is 1. The molecule has 0 fully saturated rings. The quantitative estimate of drug-likeness (QED) is 0.819. The Morgan fingerprint density at radius 2 is 2.21 bits per heavy atom. The van der Waals surface area contributed by atoms with Gasteiger partial charge in [-0.1, -0.05) is 13.8 Å². The lowest BCUT2D eigenvalue weighted by Crippen LogP contribution is -2.32. The average molecular weight is 266 g/mol. The maximum atomic E-state index is 11.3. The molecule has 0 amide bonds. The SMILES string of the molecule is COCCN(CC(C)C)c1cc(C)ncc1C(=O)O. The van der Waals surface area contributed by atoms with Gasteiger partial charge in [0.2, 0.25) is 0 Å². The molecular weight excluding hydrogens is 244 g/mol. The third kappa shape index (κ3) is 4.52. The molecule has 0 atom stereocenters. The van der Waals surface area contributed by atoms with Gasteiger partial charge >= 0.3 is 5.97 Å². The van der Waals surface area contributed by atoms with Crippen molar-refractivity contribution in [3.8, 4) is 0 Å². The fourth-order valence-corrected chi connectivity index (χ4v) is 1.92. The molecule has 5 heteroatoms. The lowest BCUT2D eigenvalue weighted by atomic mass is 10.1. The Kier molecular flexibility index (Phi) is 5.76. The number of anilines is 1. The van der Waals surface area contributed by atoms with Crippen LogP contribution in [0.4, 0.5) is 5.69 Å². The van der Waals surface area contributed by atoms with E-state index in [4.69, 9.17) is 4.74 Å². The molecule has 0 radical (unpaired) electrons. The number of carboxylic acids is 1. The van der Waals surface area contributed by atoms with Crippen LogP contribution >= 0.6 is 0 Å². The topological polar surface area (TPSA) is 62.7 Å². The molecule has 1 aromatic rings. The second-order valence-corrected chi connectivity index (χ2v) is 4.98. The number of aromatic carboxylic acids is 1. The third-order valence-electron chi connectivity index (χ3n) is 2.74. The molecule has 0 saturated carbocycles. The summed E-state index contributed by atoms with van der Waals surface area (Å²) < 4.78 is 5.10. The van der Waals surface area contributed by atoms with Gasteiger partial charge in [0, 0.05) is 32.1 Å². The second kappa shape index (κ2) is 7.09. The van der Waals surface area contributed by atoms with Crippen LogP contribution in [0.25, 0.3) is 0 Å². The Labute approximate surface area is 114 Å². The van der Waals surface area contributed by atoms with Crippen LogP contribution in [-0.2, 0) is 4.74 Å². The van der Waals surface area contributed by atoms with Crippen LogP contribution in [-0.4, -0.2) is 42.9 Å². The van der Waals surface area contributed by atoms with Gasteiger partial charge in [0.1, 0.15) is 5.56 Å². The first-order chi connectivity index (χ1) is 8.95. The summed E-state index contributed by atoms with van der Waals surface area (Å²) in [5, 5.41) is 9.27. The summed E-state index contributed by atoms with van der Waals surface area (Å²) in [4.78, 5) is 17.4. The molecule has 1 rings (SSSR count). The van der Waals surface area contributed by atoms with Crippen LogP contribution in [0.15, 0.2) is 12.3 Å². The molecule has 0 aliphatic carbocycles. The van der Waals surface area contributed by atoms with E-state index in [-0.39, 0.29) is 5.56 Å². The summed E-state index contributed by atoms with van der Waals surface area (Å²) in [6.45, 7) is 8.08.